The molecule has 2 aromatic rings. The first-order valence-electron chi connectivity index (χ1n) is 6.66. The maximum Gasteiger partial charge on any atom is 0.316 e. The topological polar surface area (TPSA) is 117 Å². The Morgan fingerprint density at radius 2 is 1.78 bits per heavy atom. The van der Waals surface area contributed by atoms with E-state index >= 15 is 0 Å². The number of benzene rings is 2. The van der Waals surface area contributed by atoms with E-state index in [0.29, 0.717) is 22.7 Å². The molecule has 0 aliphatic heterocycles. The van der Waals surface area contributed by atoms with Crippen LogP contribution in [0.15, 0.2) is 48.5 Å². The van der Waals surface area contributed by atoms with Crippen LogP contribution >= 0.6 is 0 Å². The van der Waals surface area contributed by atoms with E-state index in [4.69, 9.17) is 15.7 Å². The minimum atomic E-state index is -0.683. The molecule has 0 fully saturated rings. The lowest BCUT2D eigenvalue weighted by molar-refractivity contribution is -0.118. The Morgan fingerprint density at radius 1 is 1.09 bits per heavy atom. The Hall–Kier alpha value is -3.53. The molecule has 4 N–H and O–H groups in total. The van der Waals surface area contributed by atoms with Crippen LogP contribution in [-0.4, -0.2) is 18.5 Å². The molecule has 7 heteroatoms. The molecule has 0 heterocycles. The predicted molar refractivity (Wildman–Crippen MR) is 84.9 cm³/mol. The number of hydrogen-bond acceptors (Lipinski definition) is 4. The van der Waals surface area contributed by atoms with Crippen molar-refractivity contribution >= 4 is 23.3 Å². The number of hydrogen-bond donors (Lipinski definition) is 3. The van der Waals surface area contributed by atoms with Crippen molar-refractivity contribution < 1.29 is 14.3 Å². The van der Waals surface area contributed by atoms with Crippen LogP contribution in [0.25, 0.3) is 0 Å². The number of nitriles is 1. The van der Waals surface area contributed by atoms with Gasteiger partial charge in [-0.3, -0.25) is 4.79 Å². The maximum atomic E-state index is 11.8. The molecule has 116 valence electrons. The summed E-state index contributed by atoms with van der Waals surface area (Å²) in [5, 5.41) is 13.9. The molecule has 0 bridgehead atoms. The number of primary amides is 1. The van der Waals surface area contributed by atoms with Crippen molar-refractivity contribution in [3.8, 4) is 11.8 Å². The van der Waals surface area contributed by atoms with Gasteiger partial charge in [0.05, 0.1) is 11.6 Å². The molecule has 2 aromatic carbocycles. The summed E-state index contributed by atoms with van der Waals surface area (Å²) in [4.78, 5) is 22.6. The van der Waals surface area contributed by atoms with Crippen molar-refractivity contribution in [2.75, 3.05) is 17.2 Å². The normalized spacial score (nSPS) is 9.52. The standard InChI is InChI=1S/C16H14N4O3/c17-9-11-3-1-4-12(7-11)19-15(21)10-23-14-6-2-5-13(8-14)20-16(18)22/h1-8H,10H2,(H,19,21)(H3,18,20,22). The summed E-state index contributed by atoms with van der Waals surface area (Å²) in [5.74, 6) is 0.0468. The summed E-state index contributed by atoms with van der Waals surface area (Å²) in [6, 6.07) is 14.4. The predicted octanol–water partition coefficient (Wildman–Crippen LogP) is 2.07. The summed E-state index contributed by atoms with van der Waals surface area (Å²) in [6.45, 7) is -0.212. The van der Waals surface area contributed by atoms with Crippen LogP contribution < -0.4 is 21.1 Å². The Balaban J connectivity index is 1.91. The average Bonchev–Trinajstić information content (AvgIpc) is 2.53. The first-order chi connectivity index (χ1) is 11.1. The fourth-order valence-electron chi connectivity index (χ4n) is 1.82. The number of nitrogens with two attached hydrogens (primary N) is 1. The van der Waals surface area contributed by atoms with Crippen molar-refractivity contribution in [2.45, 2.75) is 0 Å². The lowest BCUT2D eigenvalue weighted by atomic mass is 10.2. The fourth-order valence-corrected chi connectivity index (χ4v) is 1.82. The molecular formula is C16H14N4O3. The van der Waals surface area contributed by atoms with Crippen LogP contribution in [0.1, 0.15) is 5.56 Å². The van der Waals surface area contributed by atoms with Gasteiger partial charge >= 0.3 is 6.03 Å². The molecule has 0 aliphatic carbocycles. The molecule has 0 unspecified atom stereocenters. The molecule has 3 amide bonds. The number of carbonyl (C=O) groups excluding carboxylic acids is 2. The average molecular weight is 310 g/mol. The highest BCUT2D eigenvalue weighted by atomic mass is 16.5. The van der Waals surface area contributed by atoms with Crippen molar-refractivity contribution in [1.29, 1.82) is 5.26 Å². The molecule has 0 aliphatic rings. The van der Waals surface area contributed by atoms with E-state index < -0.39 is 6.03 Å². The number of nitrogens with zero attached hydrogens (tertiary/aromatic N) is 1. The van der Waals surface area contributed by atoms with Gasteiger partial charge < -0.3 is 21.1 Å². The zero-order valence-electron chi connectivity index (χ0n) is 12.1. The van der Waals surface area contributed by atoms with Crippen molar-refractivity contribution in [3.63, 3.8) is 0 Å². The summed E-state index contributed by atoms with van der Waals surface area (Å²) in [5.41, 5.74) is 6.47. The summed E-state index contributed by atoms with van der Waals surface area (Å²) < 4.78 is 5.35. The molecular weight excluding hydrogens is 296 g/mol. The van der Waals surface area contributed by atoms with Gasteiger partial charge in [0.25, 0.3) is 5.91 Å². The molecule has 23 heavy (non-hydrogen) atoms. The second kappa shape index (κ2) is 7.47. The molecule has 7 nitrogen and oxygen atoms in total. The number of urea groups is 1. The fraction of sp³-hybridized carbons (Fsp3) is 0.0625. The zero-order chi connectivity index (χ0) is 16.7. The number of amides is 3. The van der Waals surface area contributed by atoms with E-state index in [-0.39, 0.29) is 12.5 Å². The third kappa shape index (κ3) is 5.06. The highest BCUT2D eigenvalue weighted by molar-refractivity contribution is 5.92. The number of rotatable bonds is 5. The van der Waals surface area contributed by atoms with Crippen molar-refractivity contribution in [2.24, 2.45) is 5.73 Å². The SMILES string of the molecule is N#Cc1cccc(NC(=O)COc2cccc(NC(N)=O)c2)c1. The third-order valence-corrected chi connectivity index (χ3v) is 2.75. The van der Waals surface area contributed by atoms with Gasteiger partial charge in [0.15, 0.2) is 6.61 Å². The van der Waals surface area contributed by atoms with Gasteiger partial charge in [-0.25, -0.2) is 4.79 Å². The van der Waals surface area contributed by atoms with Gasteiger partial charge in [-0.2, -0.15) is 5.26 Å². The van der Waals surface area contributed by atoms with Crippen LogP contribution in [0, 0.1) is 11.3 Å². The van der Waals surface area contributed by atoms with Crippen molar-refractivity contribution in [1.82, 2.24) is 0 Å². The maximum absolute atomic E-state index is 11.8. The lowest BCUT2D eigenvalue weighted by Gasteiger charge is -2.09. The van der Waals surface area contributed by atoms with Crippen LogP contribution in [0.3, 0.4) is 0 Å². The Bertz CT molecular complexity index is 768. The second-order valence-corrected chi connectivity index (χ2v) is 4.55. The molecule has 2 rings (SSSR count). The minimum Gasteiger partial charge on any atom is -0.484 e. The van der Waals surface area contributed by atoms with E-state index in [9.17, 15) is 9.59 Å². The summed E-state index contributed by atoms with van der Waals surface area (Å²) >= 11 is 0. The number of ether oxygens (including phenoxy) is 1. The molecule has 0 saturated carbocycles. The van der Waals surface area contributed by atoms with E-state index in [0.717, 1.165) is 0 Å². The summed E-state index contributed by atoms with van der Waals surface area (Å²) in [6.07, 6.45) is 0. The van der Waals surface area contributed by atoms with Gasteiger partial charge in [-0.15, -0.1) is 0 Å². The van der Waals surface area contributed by atoms with Gasteiger partial charge in [0.1, 0.15) is 5.75 Å². The van der Waals surface area contributed by atoms with Gasteiger partial charge in [0.2, 0.25) is 0 Å². The van der Waals surface area contributed by atoms with Crippen LogP contribution in [0.2, 0.25) is 0 Å². The Kier molecular flexibility index (Phi) is 5.15. The highest BCUT2D eigenvalue weighted by Gasteiger charge is 2.05. The smallest absolute Gasteiger partial charge is 0.316 e. The number of anilines is 2. The van der Waals surface area contributed by atoms with Gasteiger partial charge in [-0.05, 0) is 30.3 Å². The first-order valence-corrected chi connectivity index (χ1v) is 6.66. The van der Waals surface area contributed by atoms with E-state index in [2.05, 4.69) is 10.6 Å². The van der Waals surface area contributed by atoms with Crippen molar-refractivity contribution in [3.05, 3.63) is 54.1 Å². The van der Waals surface area contributed by atoms with E-state index in [1.165, 1.54) is 0 Å². The van der Waals surface area contributed by atoms with Gasteiger partial charge in [-0.1, -0.05) is 12.1 Å². The Labute approximate surface area is 132 Å². The highest BCUT2D eigenvalue weighted by Crippen LogP contribution is 2.17. The van der Waals surface area contributed by atoms with Crippen LogP contribution in [0.5, 0.6) is 5.75 Å². The van der Waals surface area contributed by atoms with Gasteiger partial charge in [0, 0.05) is 17.4 Å². The molecule has 0 atom stereocenters. The first kappa shape index (κ1) is 15.9. The Morgan fingerprint density at radius 3 is 2.48 bits per heavy atom. The summed E-state index contributed by atoms with van der Waals surface area (Å²) in [7, 11) is 0. The number of carbonyl (C=O) groups is 2. The zero-order valence-corrected chi connectivity index (χ0v) is 12.1. The lowest BCUT2D eigenvalue weighted by Crippen LogP contribution is -2.21. The second-order valence-electron chi connectivity index (χ2n) is 4.55. The molecule has 0 spiro atoms. The minimum absolute atomic E-state index is 0.212. The monoisotopic (exact) mass is 310 g/mol. The number of nitrogens with one attached hydrogen (secondary N) is 2. The van der Waals surface area contributed by atoms with Crippen LogP contribution in [0.4, 0.5) is 16.2 Å². The van der Waals surface area contributed by atoms with E-state index in [1.807, 2.05) is 6.07 Å². The van der Waals surface area contributed by atoms with E-state index in [1.54, 1.807) is 48.5 Å². The molecule has 0 saturated heterocycles. The quantitative estimate of drug-likeness (QED) is 0.783. The molecule has 0 aromatic heterocycles. The largest absolute Gasteiger partial charge is 0.484 e. The van der Waals surface area contributed by atoms with Crippen LogP contribution in [-0.2, 0) is 4.79 Å². The third-order valence-electron chi connectivity index (χ3n) is 2.75. The molecule has 0 radical (unpaired) electrons.